The second-order valence-corrected chi connectivity index (χ2v) is 8.16. The highest BCUT2D eigenvalue weighted by atomic mass is 35.5. The molecule has 0 spiro atoms. The molecule has 0 radical (unpaired) electrons. The van der Waals surface area contributed by atoms with Crippen LogP contribution < -0.4 is 9.64 Å². The number of hydrogen-bond donors (Lipinski definition) is 1. The van der Waals surface area contributed by atoms with Gasteiger partial charge in [0.15, 0.2) is 0 Å². The molecule has 1 aromatic heterocycles. The van der Waals surface area contributed by atoms with Gasteiger partial charge in [-0.25, -0.2) is 4.39 Å². The summed E-state index contributed by atoms with van der Waals surface area (Å²) in [6.45, 7) is 1.76. The van der Waals surface area contributed by atoms with E-state index in [2.05, 4.69) is 4.98 Å². The molecule has 168 valence electrons. The number of ketones is 1. The maximum absolute atomic E-state index is 13.8. The number of anilines is 1. The van der Waals surface area contributed by atoms with Gasteiger partial charge < -0.3 is 9.84 Å². The van der Waals surface area contributed by atoms with Gasteiger partial charge >= 0.3 is 0 Å². The lowest BCUT2D eigenvalue weighted by Crippen LogP contribution is -2.29. The zero-order chi connectivity index (χ0) is 23.9. The minimum Gasteiger partial charge on any atom is -0.507 e. The Balaban J connectivity index is 2.00. The number of aryl methyl sites for hydroxylation is 1. The summed E-state index contributed by atoms with van der Waals surface area (Å²) in [4.78, 5) is 31.7. The first-order chi connectivity index (χ1) is 15.7. The van der Waals surface area contributed by atoms with E-state index < -0.39 is 29.3 Å². The fourth-order valence-electron chi connectivity index (χ4n) is 3.81. The number of aliphatic hydroxyl groups is 1. The molecule has 1 atom stereocenters. The van der Waals surface area contributed by atoms with Crippen LogP contribution in [-0.4, -0.2) is 28.9 Å². The minimum absolute atomic E-state index is 0.149. The Morgan fingerprint density at radius 2 is 1.88 bits per heavy atom. The highest BCUT2D eigenvalue weighted by Crippen LogP contribution is 2.44. The van der Waals surface area contributed by atoms with Crippen molar-refractivity contribution in [1.82, 2.24) is 4.98 Å². The van der Waals surface area contributed by atoms with Crippen molar-refractivity contribution < 1.29 is 23.8 Å². The molecule has 3 aromatic rings. The van der Waals surface area contributed by atoms with E-state index in [-0.39, 0.29) is 32.6 Å². The van der Waals surface area contributed by atoms with Crippen LogP contribution in [-0.2, 0) is 9.59 Å². The van der Waals surface area contributed by atoms with Gasteiger partial charge in [0.2, 0.25) is 0 Å². The van der Waals surface area contributed by atoms with Crippen molar-refractivity contribution in [3.8, 4) is 5.75 Å². The largest absolute Gasteiger partial charge is 0.507 e. The topological polar surface area (TPSA) is 79.7 Å². The SMILES string of the molecule is COc1c(Cl)cc(C)cc1/C(O)=C1\C(=O)C(=O)N(c2ccc(F)c(Cl)c2)C1c1ccccn1. The van der Waals surface area contributed by atoms with Gasteiger partial charge in [-0.2, -0.15) is 0 Å². The van der Waals surface area contributed by atoms with Crippen LogP contribution in [0.15, 0.2) is 60.3 Å². The van der Waals surface area contributed by atoms with Crippen molar-refractivity contribution in [1.29, 1.82) is 0 Å². The molecule has 1 aliphatic heterocycles. The first kappa shape index (κ1) is 22.8. The van der Waals surface area contributed by atoms with E-state index in [9.17, 15) is 19.1 Å². The first-order valence-corrected chi connectivity index (χ1v) is 10.5. The normalized spacial score (nSPS) is 17.5. The Labute approximate surface area is 198 Å². The van der Waals surface area contributed by atoms with Crippen molar-refractivity contribution in [3.63, 3.8) is 0 Å². The van der Waals surface area contributed by atoms with Gasteiger partial charge in [-0.1, -0.05) is 29.3 Å². The van der Waals surface area contributed by atoms with E-state index in [0.717, 1.165) is 11.0 Å². The summed E-state index contributed by atoms with van der Waals surface area (Å²) < 4.78 is 19.1. The molecule has 2 aromatic carbocycles. The summed E-state index contributed by atoms with van der Waals surface area (Å²) in [5.41, 5.74) is 1.14. The predicted octanol–water partition coefficient (Wildman–Crippen LogP) is 5.47. The Hall–Kier alpha value is -3.42. The fourth-order valence-corrected chi connectivity index (χ4v) is 4.33. The molecule has 4 rings (SSSR count). The molecule has 0 aliphatic carbocycles. The van der Waals surface area contributed by atoms with Crippen LogP contribution >= 0.6 is 23.2 Å². The van der Waals surface area contributed by atoms with E-state index in [1.807, 2.05) is 0 Å². The van der Waals surface area contributed by atoms with E-state index in [1.54, 1.807) is 37.3 Å². The zero-order valence-corrected chi connectivity index (χ0v) is 19.0. The maximum atomic E-state index is 13.8. The number of rotatable bonds is 4. The average Bonchev–Trinajstić information content (AvgIpc) is 3.06. The number of Topliss-reactive ketones (excluding diaryl/α,β-unsaturated/α-hetero) is 1. The van der Waals surface area contributed by atoms with Crippen molar-refractivity contribution in [3.05, 3.63) is 93.0 Å². The number of benzene rings is 2. The summed E-state index contributed by atoms with van der Waals surface area (Å²) in [5, 5.41) is 11.3. The van der Waals surface area contributed by atoms with Crippen LogP contribution in [0.1, 0.15) is 22.9 Å². The molecule has 6 nitrogen and oxygen atoms in total. The van der Waals surface area contributed by atoms with E-state index in [1.165, 1.54) is 25.4 Å². The van der Waals surface area contributed by atoms with Crippen LogP contribution in [0.25, 0.3) is 5.76 Å². The Kier molecular flexibility index (Phi) is 6.10. The molecule has 33 heavy (non-hydrogen) atoms. The number of methoxy groups -OCH3 is 1. The lowest BCUT2D eigenvalue weighted by Gasteiger charge is -2.25. The van der Waals surface area contributed by atoms with Crippen molar-refractivity contribution in [2.75, 3.05) is 12.0 Å². The van der Waals surface area contributed by atoms with Crippen LogP contribution in [0.5, 0.6) is 5.75 Å². The molecular formula is C24H17Cl2FN2O4. The van der Waals surface area contributed by atoms with E-state index in [4.69, 9.17) is 27.9 Å². The molecule has 1 saturated heterocycles. The third-order valence-electron chi connectivity index (χ3n) is 5.24. The summed E-state index contributed by atoms with van der Waals surface area (Å²) in [6.07, 6.45) is 1.50. The summed E-state index contributed by atoms with van der Waals surface area (Å²) in [5.74, 6) is -2.86. The lowest BCUT2D eigenvalue weighted by molar-refractivity contribution is -0.132. The number of pyridine rings is 1. The van der Waals surface area contributed by atoms with Gasteiger partial charge in [0.1, 0.15) is 23.4 Å². The third kappa shape index (κ3) is 3.94. The zero-order valence-electron chi connectivity index (χ0n) is 17.5. The molecule has 0 bridgehead atoms. The summed E-state index contributed by atoms with van der Waals surface area (Å²) in [6, 6.07) is 10.8. The molecule has 2 heterocycles. The number of carbonyl (C=O) groups is 2. The van der Waals surface area contributed by atoms with Gasteiger partial charge in [-0.05, 0) is 55.0 Å². The van der Waals surface area contributed by atoms with Gasteiger partial charge in [-0.3, -0.25) is 19.5 Å². The van der Waals surface area contributed by atoms with E-state index in [0.29, 0.717) is 11.3 Å². The quantitative estimate of drug-likeness (QED) is 0.300. The number of aliphatic hydroxyl groups excluding tert-OH is 1. The van der Waals surface area contributed by atoms with E-state index >= 15 is 0 Å². The second-order valence-electron chi connectivity index (χ2n) is 7.35. The van der Waals surface area contributed by atoms with Gasteiger partial charge in [0.05, 0.1) is 34.0 Å². The molecule has 1 N–H and O–H groups in total. The highest BCUT2D eigenvalue weighted by molar-refractivity contribution is 6.52. The van der Waals surface area contributed by atoms with Gasteiger partial charge in [0.25, 0.3) is 11.7 Å². The Bertz CT molecular complexity index is 1310. The molecule has 1 unspecified atom stereocenters. The second kappa shape index (κ2) is 8.84. The third-order valence-corrected chi connectivity index (χ3v) is 5.81. The van der Waals surface area contributed by atoms with Gasteiger partial charge in [0, 0.05) is 11.9 Å². The predicted molar refractivity (Wildman–Crippen MR) is 123 cm³/mol. The fraction of sp³-hybridized carbons (Fsp3) is 0.125. The summed E-state index contributed by atoms with van der Waals surface area (Å²) >= 11 is 12.2. The average molecular weight is 487 g/mol. The number of carbonyl (C=O) groups excluding carboxylic acids is 2. The monoisotopic (exact) mass is 486 g/mol. The van der Waals surface area contributed by atoms with Crippen LogP contribution in [0.2, 0.25) is 10.0 Å². The van der Waals surface area contributed by atoms with Crippen molar-refractivity contribution in [2.45, 2.75) is 13.0 Å². The van der Waals surface area contributed by atoms with Gasteiger partial charge in [-0.15, -0.1) is 0 Å². The standard InChI is InChI=1S/C24H17Cl2FN2O4/c1-12-9-14(23(33-2)16(26)10-12)21(30)19-20(18-5-3-4-8-28-18)29(24(32)22(19)31)13-6-7-17(27)15(25)11-13/h3-11,20,30H,1-2H3/b21-19+. The molecule has 1 amide bonds. The van der Waals surface area contributed by atoms with Crippen LogP contribution in [0.4, 0.5) is 10.1 Å². The molecule has 1 aliphatic rings. The maximum Gasteiger partial charge on any atom is 0.300 e. The number of amides is 1. The minimum atomic E-state index is -1.10. The molecule has 1 fully saturated rings. The van der Waals surface area contributed by atoms with Crippen LogP contribution in [0, 0.1) is 12.7 Å². The Morgan fingerprint density at radius 3 is 2.52 bits per heavy atom. The molecule has 0 saturated carbocycles. The Morgan fingerprint density at radius 1 is 1.12 bits per heavy atom. The smallest absolute Gasteiger partial charge is 0.300 e. The van der Waals surface area contributed by atoms with Crippen molar-refractivity contribution in [2.24, 2.45) is 0 Å². The highest BCUT2D eigenvalue weighted by Gasteiger charge is 2.48. The molecular weight excluding hydrogens is 470 g/mol. The lowest BCUT2D eigenvalue weighted by atomic mass is 9.97. The number of aromatic nitrogens is 1. The molecule has 9 heteroatoms. The number of nitrogens with zero attached hydrogens (tertiary/aromatic N) is 2. The first-order valence-electron chi connectivity index (χ1n) is 9.76. The number of hydrogen-bond acceptors (Lipinski definition) is 5. The number of halogens is 3. The summed E-state index contributed by atoms with van der Waals surface area (Å²) in [7, 11) is 1.38. The van der Waals surface area contributed by atoms with Crippen molar-refractivity contribution >= 4 is 46.3 Å². The van der Waals surface area contributed by atoms with Crippen LogP contribution in [0.3, 0.4) is 0 Å². The number of ether oxygens (including phenoxy) is 1.